The van der Waals surface area contributed by atoms with Crippen LogP contribution in [0.3, 0.4) is 0 Å². The number of epoxide rings is 1. The molecule has 2 saturated heterocycles. The number of aldehydes is 1. The Hall–Kier alpha value is -2.55. The van der Waals surface area contributed by atoms with Crippen molar-refractivity contribution < 1.29 is 28.9 Å². The Morgan fingerprint density at radius 3 is 2.91 bits per heavy atom. The number of allylic oxidation sites excluding steroid dienone is 3. The Balaban J connectivity index is 1.53. The minimum Gasteiger partial charge on any atom is -0.495 e. The average molecular weight is 493 g/mol. The summed E-state index contributed by atoms with van der Waals surface area (Å²) < 4.78 is 16.2. The number of benzene rings is 1. The van der Waals surface area contributed by atoms with E-state index in [4.69, 9.17) is 25.8 Å². The zero-order valence-corrected chi connectivity index (χ0v) is 20.6. The maximum Gasteiger partial charge on any atom is 0.409 e. The minimum absolute atomic E-state index is 0.0314. The van der Waals surface area contributed by atoms with Crippen LogP contribution in [0.15, 0.2) is 35.9 Å². The first kappa shape index (κ1) is 26.1. The van der Waals surface area contributed by atoms with Crippen LogP contribution in [-0.2, 0) is 20.7 Å². The molecule has 34 heavy (non-hydrogen) atoms. The summed E-state index contributed by atoms with van der Waals surface area (Å²) in [6.07, 6.45) is 8.33. The normalized spacial score (nSPS) is 26.7. The van der Waals surface area contributed by atoms with Crippen LogP contribution in [0.2, 0.25) is 5.02 Å². The summed E-state index contributed by atoms with van der Waals surface area (Å²) in [6.45, 7) is 2.02. The highest BCUT2D eigenvalue weighted by Crippen LogP contribution is 2.35. The van der Waals surface area contributed by atoms with Crippen molar-refractivity contribution in [3.05, 3.63) is 46.5 Å². The summed E-state index contributed by atoms with van der Waals surface area (Å²) in [5.74, 6) is 0.616. The number of methoxy groups -OCH3 is 1. The van der Waals surface area contributed by atoms with Gasteiger partial charge >= 0.3 is 6.09 Å². The molecule has 8 nitrogen and oxygen atoms in total. The molecule has 2 aliphatic rings. The summed E-state index contributed by atoms with van der Waals surface area (Å²) in [4.78, 5) is 22.5. The predicted molar refractivity (Wildman–Crippen MR) is 130 cm³/mol. The van der Waals surface area contributed by atoms with Gasteiger partial charge < -0.3 is 29.4 Å². The predicted octanol–water partition coefficient (Wildman–Crippen LogP) is 4.15. The van der Waals surface area contributed by atoms with Gasteiger partial charge in [-0.05, 0) is 37.5 Å². The number of rotatable bonds is 12. The monoisotopic (exact) mass is 492 g/mol. The average Bonchev–Trinajstić information content (AvgIpc) is 3.53. The molecular weight excluding hydrogens is 460 g/mol. The van der Waals surface area contributed by atoms with Crippen molar-refractivity contribution in [3.63, 3.8) is 0 Å². The number of ether oxygens (including phenoxy) is 3. The summed E-state index contributed by atoms with van der Waals surface area (Å²) >= 11 is 6.29. The van der Waals surface area contributed by atoms with E-state index >= 15 is 0 Å². The Labute approximate surface area is 205 Å². The van der Waals surface area contributed by atoms with Crippen molar-refractivity contribution in [2.24, 2.45) is 0 Å². The van der Waals surface area contributed by atoms with Gasteiger partial charge in [0.25, 0.3) is 0 Å². The molecule has 3 unspecified atom stereocenters. The number of carbonyl (C=O) groups is 2. The van der Waals surface area contributed by atoms with Crippen molar-refractivity contribution >= 4 is 29.7 Å². The van der Waals surface area contributed by atoms with Gasteiger partial charge in [0.2, 0.25) is 0 Å². The lowest BCUT2D eigenvalue weighted by molar-refractivity contribution is -0.108. The van der Waals surface area contributed by atoms with Crippen molar-refractivity contribution in [2.75, 3.05) is 19.5 Å². The van der Waals surface area contributed by atoms with Gasteiger partial charge in [-0.3, -0.25) is 5.32 Å². The number of nitrogens with one attached hydrogen (secondary N) is 2. The lowest BCUT2D eigenvalue weighted by Crippen LogP contribution is -2.56. The van der Waals surface area contributed by atoms with Gasteiger partial charge in [0.05, 0.1) is 25.0 Å². The summed E-state index contributed by atoms with van der Waals surface area (Å²) in [5, 5.41) is 17.0. The summed E-state index contributed by atoms with van der Waals surface area (Å²) in [5.41, 5.74) is 1.59. The number of alkyl carbamates (subject to hydrolysis) is 1. The summed E-state index contributed by atoms with van der Waals surface area (Å²) in [6, 6.07) is 3.90. The van der Waals surface area contributed by atoms with Gasteiger partial charge in [-0.1, -0.05) is 35.4 Å². The first-order valence-corrected chi connectivity index (χ1v) is 11.8. The molecule has 2 heterocycles. The fourth-order valence-electron chi connectivity index (χ4n) is 4.20. The molecule has 0 spiro atoms. The fourth-order valence-corrected chi connectivity index (χ4v) is 4.48. The molecule has 0 bridgehead atoms. The van der Waals surface area contributed by atoms with Crippen LogP contribution >= 0.6 is 11.6 Å². The number of cyclic esters (lactones) is 1. The number of halogens is 1. The molecule has 9 heteroatoms. The standard InChI is InChI=1S/C25H33ClN2O6/c1-16(11-17-12-19(27-2)23(26)22(13-17)32-3)7-4-5-9-25(31)15-18(33-24(30)28-25)14-21-20(34-21)8-6-10-29/h4-5,7,10,12-13,18,20-21,27,31H,6,8-9,11,14-15H2,1-3H3,(H,28,30)/b5-4+,16-7+/t18?,20?,21?,25-/m1/s1. The number of carbonyl (C=O) groups excluding carboxylic acids is 2. The Morgan fingerprint density at radius 2 is 2.21 bits per heavy atom. The van der Waals surface area contributed by atoms with Crippen LogP contribution in [0.1, 0.15) is 44.6 Å². The van der Waals surface area contributed by atoms with E-state index in [2.05, 4.69) is 10.6 Å². The summed E-state index contributed by atoms with van der Waals surface area (Å²) in [7, 11) is 3.40. The zero-order chi connectivity index (χ0) is 24.7. The van der Waals surface area contributed by atoms with Crippen LogP contribution in [0.5, 0.6) is 5.75 Å². The van der Waals surface area contributed by atoms with Gasteiger partial charge in [-0.25, -0.2) is 4.79 Å². The highest BCUT2D eigenvalue weighted by molar-refractivity contribution is 6.34. The van der Waals surface area contributed by atoms with E-state index in [9.17, 15) is 14.7 Å². The highest BCUT2D eigenvalue weighted by atomic mass is 35.5. The number of hydrogen-bond acceptors (Lipinski definition) is 7. The third kappa shape index (κ3) is 7.22. The van der Waals surface area contributed by atoms with Crippen molar-refractivity contribution in [3.8, 4) is 5.75 Å². The molecule has 4 atom stereocenters. The molecule has 1 amide bonds. The minimum atomic E-state index is -1.38. The molecule has 0 radical (unpaired) electrons. The van der Waals surface area contributed by atoms with E-state index in [-0.39, 0.29) is 25.0 Å². The Morgan fingerprint density at radius 1 is 1.41 bits per heavy atom. The smallest absolute Gasteiger partial charge is 0.409 e. The molecule has 0 aromatic heterocycles. The van der Waals surface area contributed by atoms with Crippen LogP contribution in [0.4, 0.5) is 10.5 Å². The molecule has 3 N–H and O–H groups in total. The number of amides is 1. The molecule has 0 saturated carbocycles. The Bertz CT molecular complexity index is 924. The van der Waals surface area contributed by atoms with Crippen LogP contribution in [-0.4, -0.2) is 55.7 Å². The molecule has 3 rings (SSSR count). The quantitative estimate of drug-likeness (QED) is 0.228. The van der Waals surface area contributed by atoms with Gasteiger partial charge in [0, 0.05) is 32.7 Å². The third-order valence-electron chi connectivity index (χ3n) is 5.97. The van der Waals surface area contributed by atoms with Gasteiger partial charge in [0.15, 0.2) is 0 Å². The van der Waals surface area contributed by atoms with Crippen LogP contribution in [0, 0.1) is 0 Å². The topological polar surface area (TPSA) is 109 Å². The second-order valence-electron chi connectivity index (χ2n) is 8.81. The van der Waals surface area contributed by atoms with E-state index in [0.717, 1.165) is 23.1 Å². The van der Waals surface area contributed by atoms with E-state index < -0.39 is 17.9 Å². The molecule has 1 aromatic rings. The van der Waals surface area contributed by atoms with E-state index in [1.807, 2.05) is 44.3 Å². The third-order valence-corrected chi connectivity index (χ3v) is 6.36. The lowest BCUT2D eigenvalue weighted by atomic mass is 9.96. The first-order valence-electron chi connectivity index (χ1n) is 11.4. The maximum atomic E-state index is 12.0. The highest BCUT2D eigenvalue weighted by Gasteiger charge is 2.45. The largest absolute Gasteiger partial charge is 0.495 e. The molecule has 2 aliphatic heterocycles. The van der Waals surface area contributed by atoms with E-state index in [1.54, 1.807) is 7.11 Å². The van der Waals surface area contributed by atoms with Crippen molar-refractivity contribution in [2.45, 2.75) is 69.5 Å². The van der Waals surface area contributed by atoms with Gasteiger partial charge in [-0.2, -0.15) is 0 Å². The second kappa shape index (κ2) is 11.7. The SMILES string of the molecule is CNc1cc(C/C(C)=C/C=C/C[C@@]2(O)CC(CC3OC3CCC=O)OC(=O)N2)cc(OC)c1Cl. The van der Waals surface area contributed by atoms with Gasteiger partial charge in [0.1, 0.15) is 28.9 Å². The second-order valence-corrected chi connectivity index (χ2v) is 9.19. The first-order chi connectivity index (χ1) is 16.3. The molecule has 1 aromatic carbocycles. The molecular formula is C25H33ClN2O6. The number of aliphatic hydroxyl groups is 1. The molecule has 186 valence electrons. The molecule has 2 fully saturated rings. The number of hydrogen-bond donors (Lipinski definition) is 3. The van der Waals surface area contributed by atoms with Crippen LogP contribution < -0.4 is 15.4 Å². The zero-order valence-electron chi connectivity index (χ0n) is 19.8. The lowest BCUT2D eigenvalue weighted by Gasteiger charge is -2.36. The van der Waals surface area contributed by atoms with Gasteiger partial charge in [-0.15, -0.1) is 0 Å². The number of anilines is 1. The van der Waals surface area contributed by atoms with E-state index in [0.29, 0.717) is 36.5 Å². The van der Waals surface area contributed by atoms with Crippen LogP contribution in [0.25, 0.3) is 0 Å². The maximum absolute atomic E-state index is 12.0. The molecule has 0 aliphatic carbocycles. The fraction of sp³-hybridized carbons (Fsp3) is 0.520. The Kier molecular flexibility index (Phi) is 8.99. The van der Waals surface area contributed by atoms with Crippen molar-refractivity contribution in [1.82, 2.24) is 5.32 Å². The van der Waals surface area contributed by atoms with E-state index in [1.165, 1.54) is 0 Å². The van der Waals surface area contributed by atoms with Crippen molar-refractivity contribution in [1.29, 1.82) is 0 Å².